The number of aromatic nitrogens is 2. The molecule has 0 bridgehead atoms. The van der Waals surface area contributed by atoms with Crippen LogP contribution in [0, 0.1) is 6.92 Å². The molecule has 0 spiro atoms. The highest BCUT2D eigenvalue weighted by Crippen LogP contribution is 2.34. The van der Waals surface area contributed by atoms with Crippen LogP contribution in [0.1, 0.15) is 30.9 Å². The molecule has 27 heavy (non-hydrogen) atoms. The maximum absolute atomic E-state index is 4.65. The van der Waals surface area contributed by atoms with Crippen LogP contribution < -0.4 is 0 Å². The first-order chi connectivity index (χ1) is 13.1. The molecule has 0 aliphatic heterocycles. The fourth-order valence-electron chi connectivity index (χ4n) is 3.66. The zero-order valence-electron chi connectivity index (χ0n) is 16.1. The monoisotopic (exact) mass is 352 g/mol. The second-order valence-electron chi connectivity index (χ2n) is 7.24. The first-order valence-corrected chi connectivity index (χ1v) is 9.44. The first kappa shape index (κ1) is 17.3. The molecule has 0 saturated heterocycles. The Morgan fingerprint density at radius 1 is 0.778 bits per heavy atom. The van der Waals surface area contributed by atoms with Crippen molar-refractivity contribution in [2.24, 2.45) is 0 Å². The van der Waals surface area contributed by atoms with Crippen LogP contribution in [0.3, 0.4) is 0 Å². The van der Waals surface area contributed by atoms with Gasteiger partial charge >= 0.3 is 0 Å². The standard InChI is InChI=1S/C25H24N2/c1-18(2)23-17-22(20-10-6-4-7-11-20)16-19(3)24(23)27-15-14-26-25(27)21-12-8-5-9-13-21/h4-18H,1-3H3. The molecule has 0 fully saturated rings. The van der Waals surface area contributed by atoms with Gasteiger partial charge in [0, 0.05) is 18.0 Å². The van der Waals surface area contributed by atoms with Gasteiger partial charge in [0.2, 0.25) is 0 Å². The third-order valence-electron chi connectivity index (χ3n) is 4.97. The molecular formula is C25H24N2. The molecule has 2 nitrogen and oxygen atoms in total. The van der Waals surface area contributed by atoms with Gasteiger partial charge in [-0.3, -0.25) is 4.57 Å². The second kappa shape index (κ2) is 7.24. The molecule has 0 aliphatic rings. The Kier molecular flexibility index (Phi) is 4.64. The molecule has 0 N–H and O–H groups in total. The summed E-state index contributed by atoms with van der Waals surface area (Å²) in [6.45, 7) is 6.71. The molecule has 0 saturated carbocycles. The van der Waals surface area contributed by atoms with E-state index in [-0.39, 0.29) is 0 Å². The van der Waals surface area contributed by atoms with Crippen molar-refractivity contribution in [3.05, 3.63) is 96.3 Å². The average molecular weight is 352 g/mol. The molecule has 134 valence electrons. The Balaban J connectivity index is 1.91. The minimum absolute atomic E-state index is 0.411. The van der Waals surface area contributed by atoms with Crippen LogP contribution in [0.4, 0.5) is 0 Å². The van der Waals surface area contributed by atoms with E-state index in [4.69, 9.17) is 0 Å². The van der Waals surface area contributed by atoms with Gasteiger partial charge in [-0.25, -0.2) is 4.98 Å². The van der Waals surface area contributed by atoms with Crippen LogP contribution in [-0.2, 0) is 0 Å². The van der Waals surface area contributed by atoms with Crippen LogP contribution in [0.5, 0.6) is 0 Å². The number of hydrogen-bond acceptors (Lipinski definition) is 1. The van der Waals surface area contributed by atoms with Crippen molar-refractivity contribution in [1.82, 2.24) is 9.55 Å². The van der Waals surface area contributed by atoms with Gasteiger partial charge in [0.15, 0.2) is 0 Å². The third-order valence-corrected chi connectivity index (χ3v) is 4.97. The highest BCUT2D eigenvalue weighted by Gasteiger charge is 2.17. The Morgan fingerprint density at radius 3 is 2.04 bits per heavy atom. The van der Waals surface area contributed by atoms with Crippen molar-refractivity contribution in [2.45, 2.75) is 26.7 Å². The lowest BCUT2D eigenvalue weighted by molar-refractivity contribution is 0.844. The molecule has 1 heterocycles. The van der Waals surface area contributed by atoms with Crippen molar-refractivity contribution in [1.29, 1.82) is 0 Å². The van der Waals surface area contributed by atoms with E-state index in [1.54, 1.807) is 0 Å². The SMILES string of the molecule is Cc1cc(-c2ccccc2)cc(C(C)C)c1-n1ccnc1-c1ccccc1. The smallest absolute Gasteiger partial charge is 0.144 e. The van der Waals surface area contributed by atoms with Gasteiger partial charge in [0.1, 0.15) is 5.82 Å². The molecule has 0 atom stereocenters. The van der Waals surface area contributed by atoms with Crippen LogP contribution in [-0.4, -0.2) is 9.55 Å². The molecule has 0 amide bonds. The fourth-order valence-corrected chi connectivity index (χ4v) is 3.66. The summed E-state index contributed by atoms with van der Waals surface area (Å²) in [4.78, 5) is 4.65. The summed E-state index contributed by atoms with van der Waals surface area (Å²) in [5, 5.41) is 0. The van der Waals surface area contributed by atoms with Gasteiger partial charge in [0.25, 0.3) is 0 Å². The number of benzene rings is 3. The summed E-state index contributed by atoms with van der Waals surface area (Å²) in [6.07, 6.45) is 3.95. The minimum Gasteiger partial charge on any atom is -0.299 e. The number of rotatable bonds is 4. The van der Waals surface area contributed by atoms with Crippen LogP contribution in [0.2, 0.25) is 0 Å². The minimum atomic E-state index is 0.411. The Hall–Kier alpha value is -3.13. The fraction of sp³-hybridized carbons (Fsp3) is 0.160. The van der Waals surface area contributed by atoms with Crippen molar-refractivity contribution in [2.75, 3.05) is 0 Å². The van der Waals surface area contributed by atoms with E-state index in [0.717, 1.165) is 11.4 Å². The average Bonchev–Trinajstić information content (AvgIpc) is 3.18. The van der Waals surface area contributed by atoms with E-state index >= 15 is 0 Å². The van der Waals surface area contributed by atoms with Crippen LogP contribution in [0.15, 0.2) is 85.2 Å². The lowest BCUT2D eigenvalue weighted by atomic mass is 9.92. The van der Waals surface area contributed by atoms with E-state index in [2.05, 4.69) is 103 Å². The van der Waals surface area contributed by atoms with E-state index in [1.165, 1.54) is 27.9 Å². The maximum atomic E-state index is 4.65. The van der Waals surface area contributed by atoms with Crippen LogP contribution >= 0.6 is 0 Å². The molecule has 0 aliphatic carbocycles. The quantitative estimate of drug-likeness (QED) is 0.402. The van der Waals surface area contributed by atoms with Gasteiger partial charge in [-0.15, -0.1) is 0 Å². The molecule has 1 aromatic heterocycles. The molecular weight excluding hydrogens is 328 g/mol. The number of imidazole rings is 1. The van der Waals surface area contributed by atoms with Crippen molar-refractivity contribution < 1.29 is 0 Å². The van der Waals surface area contributed by atoms with E-state index < -0.39 is 0 Å². The number of nitrogens with zero attached hydrogens (tertiary/aromatic N) is 2. The molecule has 0 unspecified atom stereocenters. The molecule has 2 heteroatoms. The summed E-state index contributed by atoms with van der Waals surface area (Å²) < 4.78 is 2.23. The summed E-state index contributed by atoms with van der Waals surface area (Å²) in [5.41, 5.74) is 7.48. The van der Waals surface area contributed by atoms with Crippen LogP contribution in [0.25, 0.3) is 28.2 Å². The molecule has 4 rings (SSSR count). The normalized spacial score (nSPS) is 11.1. The van der Waals surface area contributed by atoms with Crippen molar-refractivity contribution in [3.8, 4) is 28.2 Å². The largest absolute Gasteiger partial charge is 0.299 e. The highest BCUT2D eigenvalue weighted by molar-refractivity contribution is 5.70. The van der Waals surface area contributed by atoms with Gasteiger partial charge < -0.3 is 0 Å². The van der Waals surface area contributed by atoms with Gasteiger partial charge in [0.05, 0.1) is 5.69 Å². The summed E-state index contributed by atoms with van der Waals surface area (Å²) in [6, 6.07) is 25.6. The van der Waals surface area contributed by atoms with Gasteiger partial charge in [-0.2, -0.15) is 0 Å². The van der Waals surface area contributed by atoms with E-state index in [9.17, 15) is 0 Å². The molecule has 4 aromatic rings. The molecule has 3 aromatic carbocycles. The summed E-state index contributed by atoms with van der Waals surface area (Å²) in [7, 11) is 0. The predicted octanol–water partition coefficient (Wildman–Crippen LogP) is 6.64. The second-order valence-corrected chi connectivity index (χ2v) is 7.24. The van der Waals surface area contributed by atoms with E-state index in [1.807, 2.05) is 12.3 Å². The van der Waals surface area contributed by atoms with Gasteiger partial charge in [-0.1, -0.05) is 74.5 Å². The van der Waals surface area contributed by atoms with Crippen molar-refractivity contribution >= 4 is 0 Å². The topological polar surface area (TPSA) is 17.8 Å². The maximum Gasteiger partial charge on any atom is 0.144 e. The zero-order chi connectivity index (χ0) is 18.8. The lowest BCUT2D eigenvalue weighted by Gasteiger charge is -2.20. The predicted molar refractivity (Wildman–Crippen MR) is 113 cm³/mol. The first-order valence-electron chi connectivity index (χ1n) is 9.44. The van der Waals surface area contributed by atoms with Gasteiger partial charge in [-0.05, 0) is 47.2 Å². The number of aryl methyl sites for hydroxylation is 1. The Bertz CT molecular complexity index is 1040. The third kappa shape index (κ3) is 3.31. The lowest BCUT2D eigenvalue weighted by Crippen LogP contribution is -2.05. The summed E-state index contributed by atoms with van der Waals surface area (Å²) >= 11 is 0. The molecule has 0 radical (unpaired) electrons. The number of hydrogen-bond donors (Lipinski definition) is 0. The highest BCUT2D eigenvalue weighted by atomic mass is 15.1. The Labute approximate surface area is 161 Å². The van der Waals surface area contributed by atoms with E-state index in [0.29, 0.717) is 5.92 Å². The summed E-state index contributed by atoms with van der Waals surface area (Å²) in [5.74, 6) is 1.39. The zero-order valence-corrected chi connectivity index (χ0v) is 16.1. The Morgan fingerprint density at radius 2 is 1.41 bits per heavy atom. The van der Waals surface area contributed by atoms with Crippen molar-refractivity contribution in [3.63, 3.8) is 0 Å².